The quantitative estimate of drug-likeness (QED) is 0.726. The molecule has 2 aliphatic carbocycles. The molecule has 18 heavy (non-hydrogen) atoms. The van der Waals surface area contributed by atoms with E-state index < -0.39 is 5.78 Å². The molecule has 4 heteroatoms. The van der Waals surface area contributed by atoms with Gasteiger partial charge in [-0.2, -0.15) is 0 Å². The zero-order valence-corrected chi connectivity index (χ0v) is 9.18. The summed E-state index contributed by atoms with van der Waals surface area (Å²) in [5.41, 5.74) is 1.45. The lowest BCUT2D eigenvalue weighted by atomic mass is 9.83. The molecule has 1 aromatic carbocycles. The van der Waals surface area contributed by atoms with Crippen LogP contribution in [-0.2, 0) is 4.79 Å². The lowest BCUT2D eigenvalue weighted by Gasteiger charge is -2.20. The van der Waals surface area contributed by atoms with Crippen molar-refractivity contribution >= 4 is 17.6 Å². The van der Waals surface area contributed by atoms with E-state index in [2.05, 4.69) is 0 Å². The number of hydrogen-bond acceptors (Lipinski definition) is 4. The Hall–Kier alpha value is -2.62. The number of carbonyl (C=O) groups is 2. The Balaban J connectivity index is 2.28. The van der Waals surface area contributed by atoms with Crippen molar-refractivity contribution in [3.8, 4) is 5.75 Å². The standard InChI is InChI=1S/C14H8O4/c15-8-1-2-10-7(3-8)4-11-12(14(10)18)5-9(16)6-13(11)17/h1-6,15,17H. The van der Waals surface area contributed by atoms with Gasteiger partial charge in [-0.05, 0) is 35.9 Å². The van der Waals surface area contributed by atoms with Crippen LogP contribution in [0.15, 0.2) is 47.3 Å². The van der Waals surface area contributed by atoms with Crippen LogP contribution in [0.5, 0.6) is 5.75 Å². The van der Waals surface area contributed by atoms with Gasteiger partial charge < -0.3 is 10.2 Å². The molecule has 4 nitrogen and oxygen atoms in total. The third-order valence-corrected chi connectivity index (χ3v) is 2.96. The van der Waals surface area contributed by atoms with Gasteiger partial charge in [0.15, 0.2) is 11.6 Å². The Morgan fingerprint density at radius 3 is 2.44 bits per heavy atom. The molecule has 0 saturated heterocycles. The summed E-state index contributed by atoms with van der Waals surface area (Å²) in [5.74, 6) is -0.910. The minimum Gasteiger partial charge on any atom is -0.508 e. The highest BCUT2D eigenvalue weighted by Crippen LogP contribution is 2.34. The van der Waals surface area contributed by atoms with Crippen LogP contribution in [0.4, 0.5) is 0 Å². The van der Waals surface area contributed by atoms with Crippen molar-refractivity contribution in [1.29, 1.82) is 0 Å². The second-order valence-electron chi connectivity index (χ2n) is 4.15. The Bertz CT molecular complexity index is 690. The zero-order valence-electron chi connectivity index (χ0n) is 9.18. The summed E-state index contributed by atoms with van der Waals surface area (Å²) in [6.45, 7) is 0. The number of ketones is 2. The monoisotopic (exact) mass is 240 g/mol. The van der Waals surface area contributed by atoms with Gasteiger partial charge in [-0.1, -0.05) is 0 Å². The van der Waals surface area contributed by atoms with Crippen LogP contribution in [0.2, 0.25) is 0 Å². The number of fused-ring (bicyclic) bond motifs is 2. The average Bonchev–Trinajstić information content (AvgIpc) is 2.31. The number of aromatic hydroxyl groups is 1. The number of phenols is 1. The summed E-state index contributed by atoms with van der Waals surface area (Å²) in [6, 6.07) is 4.36. The number of hydrogen-bond donors (Lipinski definition) is 2. The zero-order chi connectivity index (χ0) is 12.9. The summed E-state index contributed by atoms with van der Waals surface area (Å²) >= 11 is 0. The van der Waals surface area contributed by atoms with E-state index in [1.807, 2.05) is 0 Å². The highest BCUT2D eigenvalue weighted by Gasteiger charge is 2.29. The molecule has 0 radical (unpaired) electrons. The summed E-state index contributed by atoms with van der Waals surface area (Å²) in [4.78, 5) is 23.5. The van der Waals surface area contributed by atoms with Gasteiger partial charge in [0, 0.05) is 22.8 Å². The minimum atomic E-state index is -0.407. The molecule has 0 saturated carbocycles. The smallest absolute Gasteiger partial charge is 0.194 e. The number of aliphatic hydroxyl groups is 1. The molecule has 2 N–H and O–H groups in total. The molecular weight excluding hydrogens is 232 g/mol. The van der Waals surface area contributed by atoms with E-state index >= 15 is 0 Å². The fourth-order valence-electron chi connectivity index (χ4n) is 2.13. The van der Waals surface area contributed by atoms with Crippen LogP contribution in [-0.4, -0.2) is 21.8 Å². The number of allylic oxidation sites excluding steroid dienone is 3. The van der Waals surface area contributed by atoms with Gasteiger partial charge >= 0.3 is 0 Å². The fraction of sp³-hybridized carbons (Fsp3) is 0. The van der Waals surface area contributed by atoms with Crippen LogP contribution in [0, 0.1) is 0 Å². The maximum Gasteiger partial charge on any atom is 0.194 e. The average molecular weight is 240 g/mol. The molecule has 0 atom stereocenters. The third kappa shape index (κ3) is 1.39. The van der Waals surface area contributed by atoms with Gasteiger partial charge in [0.05, 0.1) is 0 Å². The maximum absolute atomic E-state index is 12.2. The molecule has 0 fully saturated rings. The number of rotatable bonds is 0. The molecule has 0 bridgehead atoms. The van der Waals surface area contributed by atoms with Gasteiger partial charge in [0.25, 0.3) is 0 Å². The first-order chi connectivity index (χ1) is 8.56. The normalized spacial score (nSPS) is 17.4. The predicted octanol–water partition coefficient (Wildman–Crippen LogP) is 1.92. The number of carbonyl (C=O) groups excluding carboxylic acids is 2. The SMILES string of the molecule is O=C1C=C(O)C2=Cc3cc(O)ccc3C(=O)C2=C1. The molecular formula is C14H8O4. The number of phenolic OH excluding ortho intramolecular Hbond substituents is 1. The van der Waals surface area contributed by atoms with E-state index in [0.29, 0.717) is 16.7 Å². The first kappa shape index (κ1) is 10.5. The highest BCUT2D eigenvalue weighted by molar-refractivity contribution is 6.22. The Morgan fingerprint density at radius 2 is 1.67 bits per heavy atom. The maximum atomic E-state index is 12.2. The lowest BCUT2D eigenvalue weighted by molar-refractivity contribution is -0.110. The Labute approximate surface area is 102 Å². The third-order valence-electron chi connectivity index (χ3n) is 2.96. The highest BCUT2D eigenvalue weighted by atomic mass is 16.3. The summed E-state index contributed by atoms with van der Waals surface area (Å²) < 4.78 is 0. The van der Waals surface area contributed by atoms with E-state index in [4.69, 9.17) is 0 Å². The van der Waals surface area contributed by atoms with E-state index in [1.54, 1.807) is 6.08 Å². The molecule has 3 rings (SSSR count). The Morgan fingerprint density at radius 1 is 0.889 bits per heavy atom. The fourth-order valence-corrected chi connectivity index (χ4v) is 2.13. The first-order valence-corrected chi connectivity index (χ1v) is 5.33. The lowest BCUT2D eigenvalue weighted by Crippen LogP contribution is -2.17. The second-order valence-corrected chi connectivity index (χ2v) is 4.15. The summed E-state index contributed by atoms with van der Waals surface area (Å²) in [5, 5.41) is 19.1. The molecule has 0 amide bonds. The Kier molecular flexibility index (Phi) is 2.01. The van der Waals surface area contributed by atoms with Crippen LogP contribution in [0.3, 0.4) is 0 Å². The van der Waals surface area contributed by atoms with Crippen LogP contribution in [0.1, 0.15) is 15.9 Å². The number of aliphatic hydroxyl groups excluding tert-OH is 1. The van der Waals surface area contributed by atoms with Gasteiger partial charge in [-0.3, -0.25) is 9.59 Å². The van der Waals surface area contributed by atoms with E-state index in [0.717, 1.165) is 6.08 Å². The molecule has 0 aliphatic heterocycles. The molecule has 0 aromatic heterocycles. The van der Waals surface area contributed by atoms with Crippen molar-refractivity contribution in [3.05, 3.63) is 58.4 Å². The molecule has 2 aliphatic rings. The van der Waals surface area contributed by atoms with Gasteiger partial charge in [0.1, 0.15) is 11.5 Å². The molecule has 0 spiro atoms. The van der Waals surface area contributed by atoms with Crippen LogP contribution >= 0.6 is 0 Å². The van der Waals surface area contributed by atoms with Crippen molar-refractivity contribution in [2.75, 3.05) is 0 Å². The van der Waals surface area contributed by atoms with Crippen molar-refractivity contribution in [1.82, 2.24) is 0 Å². The van der Waals surface area contributed by atoms with E-state index in [1.165, 1.54) is 24.3 Å². The van der Waals surface area contributed by atoms with Crippen molar-refractivity contribution in [2.24, 2.45) is 0 Å². The number of benzene rings is 1. The molecule has 0 unspecified atom stereocenters. The molecule has 88 valence electrons. The summed E-state index contributed by atoms with van der Waals surface area (Å²) in [7, 11) is 0. The van der Waals surface area contributed by atoms with Gasteiger partial charge in [-0.15, -0.1) is 0 Å². The second kappa shape index (κ2) is 3.43. The summed E-state index contributed by atoms with van der Waals surface area (Å²) in [6.07, 6.45) is 3.86. The van der Waals surface area contributed by atoms with Crippen LogP contribution in [0.25, 0.3) is 6.08 Å². The van der Waals surface area contributed by atoms with Crippen molar-refractivity contribution < 1.29 is 19.8 Å². The van der Waals surface area contributed by atoms with Gasteiger partial charge in [-0.25, -0.2) is 0 Å². The van der Waals surface area contributed by atoms with Gasteiger partial charge in [0.2, 0.25) is 0 Å². The van der Waals surface area contributed by atoms with Crippen LogP contribution < -0.4 is 0 Å². The number of Topliss-reactive ketones (excluding diaryl/α,β-unsaturated/α-hetero) is 1. The van der Waals surface area contributed by atoms with E-state index in [9.17, 15) is 19.8 Å². The topological polar surface area (TPSA) is 74.6 Å². The first-order valence-electron chi connectivity index (χ1n) is 5.33. The van der Waals surface area contributed by atoms with Crippen molar-refractivity contribution in [3.63, 3.8) is 0 Å². The molecule has 1 aromatic rings. The minimum absolute atomic E-state index is 0.0428. The largest absolute Gasteiger partial charge is 0.508 e. The molecule has 0 heterocycles. The van der Waals surface area contributed by atoms with E-state index in [-0.39, 0.29) is 22.9 Å². The predicted molar refractivity (Wildman–Crippen MR) is 64.2 cm³/mol. The van der Waals surface area contributed by atoms with Crippen molar-refractivity contribution in [2.45, 2.75) is 0 Å².